The summed E-state index contributed by atoms with van der Waals surface area (Å²) in [6.45, 7) is 4.98. The molecule has 3 N–H and O–H groups in total. The Balaban J connectivity index is 3.30. The van der Waals surface area contributed by atoms with Crippen molar-refractivity contribution in [3.63, 3.8) is 0 Å². The molecule has 0 fully saturated rings. The molecule has 0 aromatic heterocycles. The fourth-order valence-corrected chi connectivity index (χ4v) is 10.6. The van der Waals surface area contributed by atoms with Crippen molar-refractivity contribution in [2.24, 2.45) is 0 Å². The van der Waals surface area contributed by atoms with Crippen LogP contribution < -0.4 is 5.32 Å². The van der Waals surface area contributed by atoms with E-state index in [0.29, 0.717) is 25.9 Å². The molecule has 6 nitrogen and oxygen atoms in total. The first-order valence-corrected chi connectivity index (χ1v) is 32.8. The summed E-state index contributed by atoms with van der Waals surface area (Å²) in [7, 11) is 0. The number of amides is 1. The Morgan fingerprint density at radius 2 is 0.577 bits per heavy atom. The molecule has 0 heterocycles. The fraction of sp³-hybridized carbons (Fsp3) is 0.969. The van der Waals surface area contributed by atoms with Gasteiger partial charge in [-0.2, -0.15) is 0 Å². The molecule has 1 amide bonds. The number of carbonyl (C=O) groups is 2. The number of aliphatic hydroxyl groups excluding tert-OH is 2. The number of carbonyl (C=O) groups excluding carboxylic acids is 2. The van der Waals surface area contributed by atoms with E-state index < -0.39 is 12.1 Å². The van der Waals surface area contributed by atoms with Gasteiger partial charge in [-0.3, -0.25) is 9.59 Å². The summed E-state index contributed by atoms with van der Waals surface area (Å²) in [4.78, 5) is 24.5. The topological polar surface area (TPSA) is 95.9 Å². The molecule has 0 aliphatic carbocycles. The van der Waals surface area contributed by atoms with Gasteiger partial charge in [0.05, 0.1) is 25.4 Å². The van der Waals surface area contributed by atoms with Crippen LogP contribution in [-0.2, 0) is 14.3 Å². The Bertz CT molecular complexity index is 1020. The molecule has 424 valence electrons. The van der Waals surface area contributed by atoms with Crippen molar-refractivity contribution in [1.82, 2.24) is 5.32 Å². The highest BCUT2D eigenvalue weighted by Gasteiger charge is 2.20. The Hall–Kier alpha value is -1.14. The van der Waals surface area contributed by atoms with Gasteiger partial charge < -0.3 is 20.3 Å². The maximum Gasteiger partial charge on any atom is 0.305 e. The second-order valence-electron chi connectivity index (χ2n) is 22.8. The van der Waals surface area contributed by atoms with E-state index in [1.54, 1.807) is 0 Å². The summed E-state index contributed by atoms with van der Waals surface area (Å²) in [5, 5.41) is 23.2. The summed E-state index contributed by atoms with van der Waals surface area (Å²) in [5.74, 6) is -0.00758. The molecular formula is C65H129NO5. The normalized spacial score (nSPS) is 12.5. The zero-order valence-corrected chi connectivity index (χ0v) is 48.5. The number of hydrogen-bond donors (Lipinski definition) is 3. The number of unbranched alkanes of at least 4 members (excludes halogenated alkanes) is 51. The molecule has 0 aromatic rings. The van der Waals surface area contributed by atoms with Gasteiger partial charge in [-0.25, -0.2) is 0 Å². The number of esters is 1. The maximum absolute atomic E-state index is 12.5. The van der Waals surface area contributed by atoms with Crippen molar-refractivity contribution in [3.05, 3.63) is 0 Å². The van der Waals surface area contributed by atoms with Crippen LogP contribution in [0.4, 0.5) is 0 Å². The molecule has 2 atom stereocenters. The van der Waals surface area contributed by atoms with Gasteiger partial charge >= 0.3 is 5.97 Å². The van der Waals surface area contributed by atoms with Crippen molar-refractivity contribution in [3.8, 4) is 0 Å². The van der Waals surface area contributed by atoms with Crippen molar-refractivity contribution < 1.29 is 24.5 Å². The molecule has 0 bridgehead atoms. The van der Waals surface area contributed by atoms with Crippen LogP contribution in [0.15, 0.2) is 0 Å². The third-order valence-corrected chi connectivity index (χ3v) is 15.7. The van der Waals surface area contributed by atoms with Crippen LogP contribution in [-0.4, -0.2) is 47.4 Å². The van der Waals surface area contributed by atoms with Crippen LogP contribution in [0.5, 0.6) is 0 Å². The van der Waals surface area contributed by atoms with Crippen LogP contribution in [0.1, 0.15) is 380 Å². The van der Waals surface area contributed by atoms with Crippen LogP contribution in [0.25, 0.3) is 0 Å². The van der Waals surface area contributed by atoms with Gasteiger partial charge in [0, 0.05) is 12.8 Å². The van der Waals surface area contributed by atoms with Gasteiger partial charge in [0.1, 0.15) is 0 Å². The van der Waals surface area contributed by atoms with Gasteiger partial charge in [0.25, 0.3) is 0 Å². The van der Waals surface area contributed by atoms with E-state index in [2.05, 4.69) is 19.2 Å². The number of nitrogens with one attached hydrogen (secondary N) is 1. The smallest absolute Gasteiger partial charge is 0.305 e. The Kier molecular flexibility index (Phi) is 60.4. The lowest BCUT2D eigenvalue weighted by Crippen LogP contribution is -2.45. The lowest BCUT2D eigenvalue weighted by atomic mass is 10.0. The highest BCUT2D eigenvalue weighted by molar-refractivity contribution is 5.76. The van der Waals surface area contributed by atoms with Gasteiger partial charge in [-0.1, -0.05) is 341 Å². The molecule has 0 aliphatic rings. The van der Waals surface area contributed by atoms with Crippen LogP contribution in [0, 0.1) is 0 Å². The first-order valence-electron chi connectivity index (χ1n) is 32.8. The third-order valence-electron chi connectivity index (χ3n) is 15.7. The first kappa shape index (κ1) is 69.9. The standard InChI is InChI=1S/C65H129NO5/c1-3-5-7-9-11-13-15-34-39-43-47-51-55-59-65(70)71-60-56-52-48-44-40-36-33-31-29-27-25-23-21-19-17-18-20-22-24-26-28-30-32-35-38-42-46-50-54-58-64(69)66-62(61-67)63(68)57-53-49-45-41-37-16-14-12-10-8-6-4-2/h62-63,67-68H,3-61H2,1-2H3,(H,66,69). The van der Waals surface area contributed by atoms with Crippen molar-refractivity contribution in [2.75, 3.05) is 13.2 Å². The number of rotatable bonds is 62. The van der Waals surface area contributed by atoms with Gasteiger partial charge in [-0.15, -0.1) is 0 Å². The Morgan fingerprint density at radius 3 is 0.859 bits per heavy atom. The van der Waals surface area contributed by atoms with E-state index in [9.17, 15) is 19.8 Å². The van der Waals surface area contributed by atoms with E-state index >= 15 is 0 Å². The molecule has 0 spiro atoms. The zero-order chi connectivity index (χ0) is 51.4. The summed E-state index contributed by atoms with van der Waals surface area (Å²) in [6, 6.07) is -0.536. The molecule has 0 aliphatic heterocycles. The van der Waals surface area contributed by atoms with E-state index in [-0.39, 0.29) is 18.5 Å². The molecule has 0 rings (SSSR count). The molecule has 6 heteroatoms. The lowest BCUT2D eigenvalue weighted by Gasteiger charge is -2.22. The fourth-order valence-electron chi connectivity index (χ4n) is 10.6. The SMILES string of the molecule is CCCCCCCCCCCCCCCC(=O)OCCCCCCCCCCCCCCCCCCCCCCCCCCCCCCCC(=O)NC(CO)C(O)CCCCCCCCCCCCCC. The van der Waals surface area contributed by atoms with Gasteiger partial charge in [0.15, 0.2) is 0 Å². The minimum Gasteiger partial charge on any atom is -0.466 e. The average Bonchev–Trinajstić information content (AvgIpc) is 3.37. The predicted molar refractivity (Wildman–Crippen MR) is 310 cm³/mol. The molecule has 2 unspecified atom stereocenters. The minimum absolute atomic E-state index is 0.0219. The minimum atomic E-state index is -0.659. The first-order chi connectivity index (χ1) is 35.0. The number of ether oxygens (including phenoxy) is 1. The highest BCUT2D eigenvalue weighted by Crippen LogP contribution is 2.19. The molecule has 0 saturated carbocycles. The molecular weight excluding hydrogens is 875 g/mol. The maximum atomic E-state index is 12.5. The third kappa shape index (κ3) is 58.0. The van der Waals surface area contributed by atoms with Gasteiger partial charge in [-0.05, 0) is 25.7 Å². The van der Waals surface area contributed by atoms with E-state index in [1.165, 1.54) is 308 Å². The van der Waals surface area contributed by atoms with Crippen LogP contribution in [0.2, 0.25) is 0 Å². The summed E-state index contributed by atoms with van der Waals surface area (Å²) >= 11 is 0. The van der Waals surface area contributed by atoms with E-state index in [0.717, 1.165) is 38.5 Å². The Labute approximate surface area is 445 Å². The predicted octanol–water partition coefficient (Wildman–Crippen LogP) is 20.6. The van der Waals surface area contributed by atoms with E-state index in [1.807, 2.05) is 0 Å². The highest BCUT2D eigenvalue weighted by atomic mass is 16.5. The van der Waals surface area contributed by atoms with Crippen molar-refractivity contribution >= 4 is 11.9 Å². The quantitative estimate of drug-likeness (QED) is 0.0417. The number of aliphatic hydroxyl groups is 2. The second kappa shape index (κ2) is 61.4. The zero-order valence-electron chi connectivity index (χ0n) is 48.5. The monoisotopic (exact) mass is 1000 g/mol. The largest absolute Gasteiger partial charge is 0.466 e. The molecule has 0 radical (unpaired) electrons. The lowest BCUT2D eigenvalue weighted by molar-refractivity contribution is -0.143. The summed E-state index contributed by atoms with van der Waals surface area (Å²) in [6.07, 6.45) is 72.8. The number of hydrogen-bond acceptors (Lipinski definition) is 5. The van der Waals surface area contributed by atoms with Gasteiger partial charge in [0.2, 0.25) is 5.91 Å². The second-order valence-corrected chi connectivity index (χ2v) is 22.8. The molecule has 71 heavy (non-hydrogen) atoms. The summed E-state index contributed by atoms with van der Waals surface area (Å²) in [5.41, 5.74) is 0. The molecule has 0 aromatic carbocycles. The Morgan fingerprint density at radius 1 is 0.338 bits per heavy atom. The summed E-state index contributed by atoms with van der Waals surface area (Å²) < 4.78 is 5.49. The average molecular weight is 1000 g/mol. The van der Waals surface area contributed by atoms with Crippen LogP contribution >= 0.6 is 0 Å². The molecule has 0 saturated heterocycles. The van der Waals surface area contributed by atoms with Crippen molar-refractivity contribution in [1.29, 1.82) is 0 Å². The van der Waals surface area contributed by atoms with E-state index in [4.69, 9.17) is 4.74 Å². The van der Waals surface area contributed by atoms with Crippen molar-refractivity contribution in [2.45, 2.75) is 392 Å². The van der Waals surface area contributed by atoms with Crippen LogP contribution in [0.3, 0.4) is 0 Å².